The van der Waals surface area contributed by atoms with Crippen LogP contribution in [0.5, 0.6) is 0 Å². The first-order chi connectivity index (χ1) is 8.74. The van der Waals surface area contributed by atoms with Crippen molar-refractivity contribution in [3.05, 3.63) is 59.1 Å². The summed E-state index contributed by atoms with van der Waals surface area (Å²) in [6.45, 7) is 10.0. The van der Waals surface area contributed by atoms with Crippen molar-refractivity contribution in [1.82, 2.24) is 4.74 Å². The number of hydrogen-bond acceptors (Lipinski definition) is 2. The van der Waals surface area contributed by atoms with Gasteiger partial charge in [0.25, 0.3) is 0 Å². The van der Waals surface area contributed by atoms with Gasteiger partial charge >= 0.3 is 5.63 Å². The van der Waals surface area contributed by atoms with E-state index in [0.717, 1.165) is 11.3 Å². The van der Waals surface area contributed by atoms with Crippen molar-refractivity contribution in [2.75, 3.05) is 0 Å². The Hall–Kier alpha value is -2.03. The number of nitrogens with zero attached hydrogens (tertiary/aromatic N) is 1. The first kappa shape index (κ1) is 14.0. The van der Waals surface area contributed by atoms with Crippen LogP contribution in [0.3, 0.4) is 0 Å². The van der Waals surface area contributed by atoms with Crippen LogP contribution in [0.15, 0.2) is 52.3 Å². The molecule has 0 spiro atoms. The molecular formula is C15H19NO2. The summed E-state index contributed by atoms with van der Waals surface area (Å²) in [7, 11) is 0. The van der Waals surface area contributed by atoms with Crippen LogP contribution in [0, 0.1) is 6.92 Å². The van der Waals surface area contributed by atoms with Crippen LogP contribution in [0.2, 0.25) is 0 Å². The molecule has 1 heterocycles. The van der Waals surface area contributed by atoms with E-state index >= 15 is 0 Å². The number of hydrogen-bond donors (Lipinski definition) is 0. The highest BCUT2D eigenvalue weighted by Crippen LogP contribution is 2.19. The molecule has 96 valence electrons. The molecule has 0 atom stereocenters. The maximum absolute atomic E-state index is 11.7. The molecule has 0 saturated carbocycles. The Morgan fingerprint density at radius 2 is 1.89 bits per heavy atom. The molecule has 0 aliphatic rings. The van der Waals surface area contributed by atoms with Gasteiger partial charge in [0.1, 0.15) is 0 Å². The van der Waals surface area contributed by atoms with E-state index in [2.05, 4.69) is 6.58 Å². The minimum Gasteiger partial charge on any atom is -0.335 e. The first-order valence-corrected chi connectivity index (χ1v) is 6.11. The zero-order chi connectivity index (χ0) is 13.5. The topological polar surface area (TPSA) is 35.1 Å². The smallest absolute Gasteiger partial charge is 0.335 e. The predicted octanol–water partition coefficient (Wildman–Crippen LogP) is 3.63. The van der Waals surface area contributed by atoms with Crippen molar-refractivity contribution in [2.45, 2.75) is 27.3 Å². The van der Waals surface area contributed by atoms with Gasteiger partial charge in [-0.3, -0.25) is 0 Å². The molecule has 2 rings (SSSR count). The molecule has 0 aliphatic heterocycles. The molecule has 0 amide bonds. The largest absolute Gasteiger partial charge is 0.365 e. The second kappa shape index (κ2) is 6.64. The van der Waals surface area contributed by atoms with Crippen LogP contribution in [-0.2, 0) is 6.54 Å². The Morgan fingerprint density at radius 3 is 2.44 bits per heavy atom. The number of benzene rings is 1. The van der Waals surface area contributed by atoms with Crippen molar-refractivity contribution in [1.29, 1.82) is 0 Å². The fraction of sp³-hybridized carbons (Fsp3) is 0.267. The lowest BCUT2D eigenvalue weighted by Crippen LogP contribution is -1.96. The van der Waals surface area contributed by atoms with Crippen LogP contribution < -0.4 is 5.63 Å². The van der Waals surface area contributed by atoms with E-state index < -0.39 is 0 Å². The molecule has 18 heavy (non-hydrogen) atoms. The van der Waals surface area contributed by atoms with Crippen LogP contribution >= 0.6 is 0 Å². The monoisotopic (exact) mass is 245 g/mol. The number of allylic oxidation sites excluding steroid dienone is 1. The third-order valence-corrected chi connectivity index (χ3v) is 2.49. The van der Waals surface area contributed by atoms with Gasteiger partial charge in [-0.1, -0.05) is 50.3 Å². The lowest BCUT2D eigenvalue weighted by atomic mass is 10.1. The van der Waals surface area contributed by atoms with Crippen molar-refractivity contribution in [3.8, 4) is 11.1 Å². The third-order valence-electron chi connectivity index (χ3n) is 2.49. The average Bonchev–Trinajstić information content (AvgIpc) is 2.68. The van der Waals surface area contributed by atoms with Gasteiger partial charge < -0.3 is 4.52 Å². The van der Waals surface area contributed by atoms with Gasteiger partial charge in [0.05, 0.1) is 17.8 Å². The van der Waals surface area contributed by atoms with Gasteiger partial charge in [-0.2, -0.15) is 0 Å². The summed E-state index contributed by atoms with van der Waals surface area (Å²) in [5, 5.41) is 0. The molecule has 0 fully saturated rings. The van der Waals surface area contributed by atoms with Crippen LogP contribution in [0.4, 0.5) is 0 Å². The number of rotatable bonds is 3. The SMILES string of the molecule is C=CCn1oc(=O)c(-c2ccccc2)c1C.CC. The maximum atomic E-state index is 11.7. The molecule has 2 aromatic rings. The average molecular weight is 245 g/mol. The van der Waals surface area contributed by atoms with Gasteiger partial charge in [-0.15, -0.1) is 6.58 Å². The second-order valence-electron chi connectivity index (χ2n) is 3.55. The molecule has 1 aromatic heterocycles. The Labute approximate surface area is 107 Å². The Balaban J connectivity index is 0.000000771. The molecule has 0 radical (unpaired) electrons. The van der Waals surface area contributed by atoms with E-state index in [1.807, 2.05) is 51.1 Å². The lowest BCUT2D eigenvalue weighted by Gasteiger charge is -1.99. The highest BCUT2D eigenvalue weighted by molar-refractivity contribution is 5.64. The summed E-state index contributed by atoms with van der Waals surface area (Å²) < 4.78 is 6.68. The molecular weight excluding hydrogens is 226 g/mol. The highest BCUT2D eigenvalue weighted by atomic mass is 16.5. The third kappa shape index (κ3) is 2.80. The maximum Gasteiger partial charge on any atom is 0.365 e. The van der Waals surface area contributed by atoms with Crippen LogP contribution in [-0.4, -0.2) is 4.74 Å². The summed E-state index contributed by atoms with van der Waals surface area (Å²) in [6, 6.07) is 9.52. The van der Waals surface area contributed by atoms with Crippen molar-refractivity contribution >= 4 is 0 Å². The van der Waals surface area contributed by atoms with E-state index in [9.17, 15) is 4.79 Å². The van der Waals surface area contributed by atoms with Gasteiger partial charge in [-0.05, 0) is 12.5 Å². The van der Waals surface area contributed by atoms with Crippen molar-refractivity contribution in [2.24, 2.45) is 0 Å². The van der Waals surface area contributed by atoms with Crippen molar-refractivity contribution in [3.63, 3.8) is 0 Å². The molecule has 0 N–H and O–H groups in total. The fourth-order valence-electron chi connectivity index (χ4n) is 1.71. The number of aromatic nitrogens is 1. The predicted molar refractivity (Wildman–Crippen MR) is 74.7 cm³/mol. The Bertz CT molecular complexity index is 550. The van der Waals surface area contributed by atoms with E-state index in [1.165, 1.54) is 0 Å². The van der Waals surface area contributed by atoms with E-state index in [1.54, 1.807) is 10.8 Å². The van der Waals surface area contributed by atoms with Crippen LogP contribution in [0.25, 0.3) is 11.1 Å². The quantitative estimate of drug-likeness (QED) is 0.774. The minimum atomic E-state index is -0.300. The normalized spacial score (nSPS) is 9.50. The zero-order valence-electron chi connectivity index (χ0n) is 11.1. The summed E-state index contributed by atoms with van der Waals surface area (Å²) >= 11 is 0. The summed E-state index contributed by atoms with van der Waals surface area (Å²) in [6.07, 6.45) is 1.70. The Kier molecular flexibility index (Phi) is 5.18. The molecule has 3 nitrogen and oxygen atoms in total. The molecule has 0 unspecified atom stereocenters. The highest BCUT2D eigenvalue weighted by Gasteiger charge is 2.13. The Morgan fingerprint density at radius 1 is 1.28 bits per heavy atom. The molecule has 0 saturated heterocycles. The summed E-state index contributed by atoms with van der Waals surface area (Å²) in [5.41, 5.74) is 2.04. The molecule has 0 bridgehead atoms. The van der Waals surface area contributed by atoms with Gasteiger partial charge in [-0.25, -0.2) is 9.53 Å². The van der Waals surface area contributed by atoms with Crippen LogP contribution in [0.1, 0.15) is 19.5 Å². The summed E-state index contributed by atoms with van der Waals surface area (Å²) in [5.74, 6) is 0. The molecule has 3 heteroatoms. The van der Waals surface area contributed by atoms with Gasteiger partial charge in [0.2, 0.25) is 0 Å². The standard InChI is InChI=1S/C13H13NO2.C2H6/c1-3-9-14-10(2)12(13(15)16-14)11-7-5-4-6-8-11;1-2/h3-8H,1,9H2,2H3;1-2H3. The van der Waals surface area contributed by atoms with E-state index in [4.69, 9.17) is 4.52 Å². The lowest BCUT2D eigenvalue weighted by molar-refractivity contribution is 0.264. The fourth-order valence-corrected chi connectivity index (χ4v) is 1.71. The zero-order valence-corrected chi connectivity index (χ0v) is 11.1. The molecule has 0 aliphatic carbocycles. The second-order valence-corrected chi connectivity index (χ2v) is 3.55. The van der Waals surface area contributed by atoms with Gasteiger partial charge in [0, 0.05) is 0 Å². The van der Waals surface area contributed by atoms with E-state index in [-0.39, 0.29) is 5.63 Å². The van der Waals surface area contributed by atoms with Gasteiger partial charge in [0.15, 0.2) is 0 Å². The van der Waals surface area contributed by atoms with Crippen molar-refractivity contribution < 1.29 is 4.52 Å². The van der Waals surface area contributed by atoms with E-state index in [0.29, 0.717) is 12.1 Å². The molecule has 1 aromatic carbocycles. The minimum absolute atomic E-state index is 0.300. The first-order valence-electron chi connectivity index (χ1n) is 6.11. The summed E-state index contributed by atoms with van der Waals surface area (Å²) in [4.78, 5) is 11.7.